The van der Waals surface area contributed by atoms with Crippen molar-refractivity contribution >= 4 is 11.2 Å². The molecule has 0 unspecified atom stereocenters. The quantitative estimate of drug-likeness (QED) is 0.778. The van der Waals surface area contributed by atoms with Crippen molar-refractivity contribution in [3.8, 4) is 6.01 Å². The second-order valence-electron chi connectivity index (χ2n) is 4.96. The van der Waals surface area contributed by atoms with E-state index >= 15 is 0 Å². The van der Waals surface area contributed by atoms with E-state index in [1.54, 1.807) is 24.9 Å². The maximum Gasteiger partial charge on any atom is 0.332 e. The lowest BCUT2D eigenvalue weighted by atomic mass is 10.3. The molecule has 2 aromatic heterocycles. The number of nitrogens with zero attached hydrogens (tertiary/aromatic N) is 4. The van der Waals surface area contributed by atoms with E-state index in [9.17, 15) is 9.59 Å². The molecule has 0 saturated heterocycles. The van der Waals surface area contributed by atoms with E-state index < -0.39 is 17.5 Å². The molecule has 112 valence electrons. The molecule has 0 saturated carbocycles. The molecule has 3 rings (SSSR count). The Kier molecular flexibility index (Phi) is 3.08. The molecule has 1 atom stereocenters. The van der Waals surface area contributed by atoms with E-state index in [4.69, 9.17) is 9.47 Å². The van der Waals surface area contributed by atoms with Crippen LogP contribution in [-0.2, 0) is 25.9 Å². The average molecular weight is 292 g/mol. The first-order valence-corrected chi connectivity index (χ1v) is 6.60. The Hall–Kier alpha value is -2.51. The Morgan fingerprint density at radius 1 is 1.24 bits per heavy atom. The highest BCUT2D eigenvalue weighted by Gasteiger charge is 2.21. The summed E-state index contributed by atoms with van der Waals surface area (Å²) in [6, 6.07) is 0.253. The number of aromatic nitrogens is 4. The second kappa shape index (κ2) is 4.80. The van der Waals surface area contributed by atoms with Crippen molar-refractivity contribution in [2.75, 3.05) is 0 Å². The van der Waals surface area contributed by atoms with Crippen LogP contribution < -0.4 is 16.0 Å². The maximum atomic E-state index is 12.2. The largest absolute Gasteiger partial charge is 0.463 e. The van der Waals surface area contributed by atoms with Crippen molar-refractivity contribution in [2.45, 2.75) is 19.1 Å². The molecule has 0 aliphatic carbocycles. The highest BCUT2D eigenvalue weighted by Crippen LogP contribution is 2.19. The molecular formula is C13H16N4O4. The van der Waals surface area contributed by atoms with Gasteiger partial charge in [-0.1, -0.05) is 0 Å². The van der Waals surface area contributed by atoms with Crippen LogP contribution in [0.15, 0.2) is 21.9 Å². The Morgan fingerprint density at radius 2 is 2.00 bits per heavy atom. The fourth-order valence-corrected chi connectivity index (χ4v) is 2.32. The zero-order valence-electron chi connectivity index (χ0n) is 12.1. The van der Waals surface area contributed by atoms with Crippen molar-refractivity contribution < 1.29 is 9.47 Å². The number of imidazole rings is 1. The van der Waals surface area contributed by atoms with Crippen molar-refractivity contribution in [1.29, 1.82) is 0 Å². The summed E-state index contributed by atoms with van der Waals surface area (Å²) < 4.78 is 14.9. The number of rotatable bonds is 2. The van der Waals surface area contributed by atoms with Gasteiger partial charge in [-0.15, -0.1) is 0 Å². The SMILES string of the molecule is Cn1c(=O)c2c(nc(O[C@H]3CCC=CO3)n2C)n(C)c1=O. The minimum absolute atomic E-state index is 0.253. The monoisotopic (exact) mass is 292 g/mol. The van der Waals surface area contributed by atoms with Crippen LogP contribution in [0, 0.1) is 0 Å². The molecule has 8 nitrogen and oxygen atoms in total. The van der Waals surface area contributed by atoms with Crippen LogP contribution in [0.2, 0.25) is 0 Å². The normalized spacial score (nSPS) is 18.0. The first kappa shape index (κ1) is 13.5. The van der Waals surface area contributed by atoms with Crippen molar-refractivity contribution in [3.63, 3.8) is 0 Å². The number of allylic oxidation sites excluding steroid dienone is 1. The van der Waals surface area contributed by atoms with Gasteiger partial charge in [-0.05, 0) is 12.5 Å². The molecule has 8 heteroatoms. The van der Waals surface area contributed by atoms with Gasteiger partial charge in [0.25, 0.3) is 5.56 Å². The number of hydrogen-bond acceptors (Lipinski definition) is 5. The van der Waals surface area contributed by atoms with Gasteiger partial charge >= 0.3 is 11.7 Å². The summed E-state index contributed by atoms with van der Waals surface area (Å²) in [6.07, 6.45) is 4.62. The molecule has 0 bridgehead atoms. The molecule has 0 N–H and O–H groups in total. The molecule has 1 aliphatic rings. The van der Waals surface area contributed by atoms with Crippen molar-refractivity contribution in [2.24, 2.45) is 21.1 Å². The molecule has 3 heterocycles. The van der Waals surface area contributed by atoms with E-state index in [2.05, 4.69) is 4.98 Å². The van der Waals surface area contributed by atoms with Gasteiger partial charge in [-0.3, -0.25) is 18.5 Å². The summed E-state index contributed by atoms with van der Waals surface area (Å²) in [5, 5.41) is 0. The van der Waals surface area contributed by atoms with Gasteiger partial charge in [0.05, 0.1) is 6.26 Å². The summed E-state index contributed by atoms with van der Waals surface area (Å²) in [4.78, 5) is 28.4. The Labute approximate surface area is 119 Å². The topological polar surface area (TPSA) is 80.3 Å². The highest BCUT2D eigenvalue weighted by molar-refractivity contribution is 5.71. The Bertz CT molecular complexity index is 842. The van der Waals surface area contributed by atoms with E-state index in [-0.39, 0.29) is 6.01 Å². The maximum absolute atomic E-state index is 12.2. The fraction of sp³-hybridized carbons (Fsp3) is 0.462. The fourth-order valence-electron chi connectivity index (χ4n) is 2.32. The predicted molar refractivity (Wildman–Crippen MR) is 75.1 cm³/mol. The highest BCUT2D eigenvalue weighted by atomic mass is 16.7. The Balaban J connectivity index is 2.14. The third kappa shape index (κ3) is 2.03. The molecular weight excluding hydrogens is 276 g/mol. The molecule has 0 fully saturated rings. The third-order valence-electron chi connectivity index (χ3n) is 3.57. The van der Waals surface area contributed by atoms with Crippen LogP contribution >= 0.6 is 0 Å². The van der Waals surface area contributed by atoms with Crippen LogP contribution in [0.25, 0.3) is 11.2 Å². The van der Waals surface area contributed by atoms with E-state index in [0.29, 0.717) is 17.6 Å². The summed E-state index contributed by atoms with van der Waals surface area (Å²) in [7, 11) is 4.68. The lowest BCUT2D eigenvalue weighted by Crippen LogP contribution is -2.37. The molecule has 0 radical (unpaired) electrons. The van der Waals surface area contributed by atoms with Crippen LogP contribution in [0.1, 0.15) is 12.8 Å². The van der Waals surface area contributed by atoms with E-state index in [1.807, 2.05) is 6.08 Å². The first-order valence-electron chi connectivity index (χ1n) is 6.60. The van der Waals surface area contributed by atoms with Crippen molar-refractivity contribution in [1.82, 2.24) is 18.7 Å². The van der Waals surface area contributed by atoms with Gasteiger partial charge in [0.2, 0.25) is 6.29 Å². The van der Waals surface area contributed by atoms with Crippen LogP contribution in [0.5, 0.6) is 6.01 Å². The summed E-state index contributed by atoms with van der Waals surface area (Å²) in [6.45, 7) is 0. The number of ether oxygens (including phenoxy) is 2. The minimum Gasteiger partial charge on any atom is -0.463 e. The smallest absolute Gasteiger partial charge is 0.332 e. The van der Waals surface area contributed by atoms with Crippen LogP contribution in [0.4, 0.5) is 0 Å². The molecule has 0 aromatic carbocycles. The Morgan fingerprint density at radius 3 is 2.67 bits per heavy atom. The molecule has 21 heavy (non-hydrogen) atoms. The number of fused-ring (bicyclic) bond motifs is 1. The number of hydrogen-bond donors (Lipinski definition) is 0. The summed E-state index contributed by atoms with van der Waals surface area (Å²) in [5.41, 5.74) is -0.204. The average Bonchev–Trinajstić information content (AvgIpc) is 2.81. The summed E-state index contributed by atoms with van der Waals surface area (Å²) in [5.74, 6) is 0. The van der Waals surface area contributed by atoms with Gasteiger partial charge in [-0.2, -0.15) is 4.98 Å². The van der Waals surface area contributed by atoms with Crippen LogP contribution in [-0.4, -0.2) is 25.0 Å². The second-order valence-corrected chi connectivity index (χ2v) is 4.96. The third-order valence-corrected chi connectivity index (χ3v) is 3.57. The van der Waals surface area contributed by atoms with E-state index in [1.165, 1.54) is 11.6 Å². The van der Waals surface area contributed by atoms with Gasteiger partial charge < -0.3 is 9.47 Å². The standard InChI is InChI=1S/C13H16N4O4/c1-15-9-10(16(2)13(19)17(3)11(9)18)14-12(15)21-8-6-4-5-7-20-8/h5,7-8H,4,6H2,1-3H3/t8-/m0/s1. The lowest BCUT2D eigenvalue weighted by molar-refractivity contribution is -0.0485. The van der Waals surface area contributed by atoms with Gasteiger partial charge in [0.1, 0.15) is 0 Å². The van der Waals surface area contributed by atoms with Gasteiger partial charge in [-0.25, -0.2) is 4.79 Å². The zero-order valence-corrected chi connectivity index (χ0v) is 12.1. The predicted octanol–water partition coefficient (Wildman–Crippen LogP) is -0.000300. The molecule has 2 aromatic rings. The van der Waals surface area contributed by atoms with Crippen molar-refractivity contribution in [3.05, 3.63) is 33.2 Å². The first-order chi connectivity index (χ1) is 10.0. The summed E-state index contributed by atoms with van der Waals surface area (Å²) >= 11 is 0. The minimum atomic E-state index is -0.439. The number of aryl methyl sites for hydroxylation is 2. The van der Waals surface area contributed by atoms with Gasteiger partial charge in [0.15, 0.2) is 11.2 Å². The zero-order chi connectivity index (χ0) is 15.1. The molecule has 0 spiro atoms. The van der Waals surface area contributed by atoms with Gasteiger partial charge in [0, 0.05) is 27.6 Å². The lowest BCUT2D eigenvalue weighted by Gasteiger charge is -2.19. The van der Waals surface area contributed by atoms with Crippen LogP contribution in [0.3, 0.4) is 0 Å². The molecule has 0 amide bonds. The van der Waals surface area contributed by atoms with E-state index in [0.717, 1.165) is 11.0 Å². The molecule has 1 aliphatic heterocycles.